The number of rotatable bonds is 4. The summed E-state index contributed by atoms with van der Waals surface area (Å²) in [4.78, 5) is 5.55. The maximum atomic E-state index is 2.79. The fourth-order valence-electron chi connectivity index (χ4n) is 3.86. The van der Waals surface area contributed by atoms with Crippen molar-refractivity contribution in [3.05, 3.63) is 0 Å². The zero-order valence-electron chi connectivity index (χ0n) is 11.8. The quantitative estimate of drug-likeness (QED) is 0.742. The van der Waals surface area contributed by atoms with Gasteiger partial charge in [-0.15, -0.1) is 0 Å². The Labute approximate surface area is 107 Å². The summed E-state index contributed by atoms with van der Waals surface area (Å²) in [5, 5.41) is 0. The summed E-state index contributed by atoms with van der Waals surface area (Å²) in [5.74, 6) is 0. The summed E-state index contributed by atoms with van der Waals surface area (Å²) in [6, 6.07) is 1.73. The van der Waals surface area contributed by atoms with Crippen LogP contribution in [0.1, 0.15) is 58.8 Å². The average Bonchev–Trinajstić information content (AvgIpc) is 2.40. The topological polar surface area (TPSA) is 6.48 Å². The highest BCUT2D eigenvalue weighted by atomic mass is 15.2. The smallest absolute Gasteiger partial charge is 0.0251 e. The van der Waals surface area contributed by atoms with Gasteiger partial charge in [0, 0.05) is 12.1 Å². The second kappa shape index (κ2) is 6.75. The number of likely N-dealkylation sites (N-methyl/N-ethyl adjacent to an activating group) is 1. The minimum absolute atomic E-state index is 0.862. The Morgan fingerprint density at radius 3 is 2.00 bits per heavy atom. The molecule has 2 aliphatic heterocycles. The van der Waals surface area contributed by atoms with E-state index in [0.717, 1.165) is 12.1 Å². The Morgan fingerprint density at radius 1 is 0.824 bits per heavy atom. The molecular weight excluding hydrogens is 208 g/mol. The predicted octanol–water partition coefficient (Wildman–Crippen LogP) is 3.13. The summed E-state index contributed by atoms with van der Waals surface area (Å²) in [6.45, 7) is 9.93. The number of hydrogen-bond donors (Lipinski definition) is 0. The summed E-state index contributed by atoms with van der Waals surface area (Å²) in [6.07, 6.45) is 9.96. The summed E-state index contributed by atoms with van der Waals surface area (Å²) >= 11 is 0. The normalized spacial score (nSPS) is 32.8. The van der Waals surface area contributed by atoms with Gasteiger partial charge in [-0.25, -0.2) is 0 Å². The van der Waals surface area contributed by atoms with Crippen molar-refractivity contribution in [1.29, 1.82) is 0 Å². The first kappa shape index (κ1) is 13.4. The molecule has 2 heterocycles. The maximum absolute atomic E-state index is 2.79. The molecule has 0 N–H and O–H groups in total. The van der Waals surface area contributed by atoms with Gasteiger partial charge in [0.05, 0.1) is 0 Å². The maximum Gasteiger partial charge on any atom is 0.0251 e. The first-order chi connectivity index (χ1) is 8.36. The van der Waals surface area contributed by atoms with Crippen molar-refractivity contribution in [2.24, 2.45) is 0 Å². The van der Waals surface area contributed by atoms with Gasteiger partial charge >= 0.3 is 0 Å². The van der Waals surface area contributed by atoms with Gasteiger partial charge in [-0.05, 0) is 58.3 Å². The zero-order valence-corrected chi connectivity index (χ0v) is 11.8. The molecule has 0 aromatic carbocycles. The van der Waals surface area contributed by atoms with E-state index in [4.69, 9.17) is 0 Å². The third kappa shape index (κ3) is 3.23. The van der Waals surface area contributed by atoms with Gasteiger partial charge in [0.1, 0.15) is 0 Å². The van der Waals surface area contributed by atoms with E-state index in [0.29, 0.717) is 0 Å². The third-order valence-electron chi connectivity index (χ3n) is 4.69. The average molecular weight is 238 g/mol. The van der Waals surface area contributed by atoms with Crippen LogP contribution in [0.5, 0.6) is 0 Å². The van der Waals surface area contributed by atoms with E-state index in [9.17, 15) is 0 Å². The Hall–Kier alpha value is -0.0800. The molecule has 100 valence electrons. The molecule has 0 aromatic rings. The molecule has 2 rings (SSSR count). The number of hydrogen-bond acceptors (Lipinski definition) is 2. The monoisotopic (exact) mass is 238 g/mol. The number of piperidine rings is 2. The highest BCUT2D eigenvalue weighted by molar-refractivity contribution is 4.90. The van der Waals surface area contributed by atoms with Crippen LogP contribution in [-0.4, -0.2) is 48.1 Å². The van der Waals surface area contributed by atoms with Gasteiger partial charge in [0.15, 0.2) is 0 Å². The first-order valence-corrected chi connectivity index (χ1v) is 7.85. The largest absolute Gasteiger partial charge is 0.299 e. The molecule has 0 radical (unpaired) electrons. The predicted molar refractivity (Wildman–Crippen MR) is 74.4 cm³/mol. The van der Waals surface area contributed by atoms with E-state index in [2.05, 4.69) is 23.6 Å². The number of nitrogens with zero attached hydrogens (tertiary/aromatic N) is 2. The van der Waals surface area contributed by atoms with Crippen molar-refractivity contribution in [3.63, 3.8) is 0 Å². The van der Waals surface area contributed by atoms with Crippen LogP contribution in [0.25, 0.3) is 0 Å². The van der Waals surface area contributed by atoms with Crippen molar-refractivity contribution in [3.8, 4) is 0 Å². The molecule has 0 aliphatic carbocycles. The second-order valence-electron chi connectivity index (χ2n) is 5.79. The Balaban J connectivity index is 2.00. The first-order valence-electron chi connectivity index (χ1n) is 7.85. The molecule has 2 atom stereocenters. The van der Waals surface area contributed by atoms with Crippen LogP contribution in [0.3, 0.4) is 0 Å². The van der Waals surface area contributed by atoms with Crippen molar-refractivity contribution in [2.75, 3.05) is 26.2 Å². The molecule has 2 saturated heterocycles. The van der Waals surface area contributed by atoms with Crippen LogP contribution in [0.4, 0.5) is 0 Å². The fourth-order valence-corrected chi connectivity index (χ4v) is 3.86. The van der Waals surface area contributed by atoms with E-state index in [-0.39, 0.29) is 0 Å². The zero-order chi connectivity index (χ0) is 12.1. The fraction of sp³-hybridized carbons (Fsp3) is 1.00. The highest BCUT2D eigenvalue weighted by Gasteiger charge is 2.33. The molecule has 2 nitrogen and oxygen atoms in total. The molecule has 0 saturated carbocycles. The SMILES string of the molecule is CCCN1CCCCC1C1CCCCN1CC. The van der Waals surface area contributed by atoms with Crippen molar-refractivity contribution in [1.82, 2.24) is 9.80 Å². The minimum Gasteiger partial charge on any atom is -0.299 e. The molecule has 0 aromatic heterocycles. The van der Waals surface area contributed by atoms with E-state index in [1.165, 1.54) is 71.1 Å². The lowest BCUT2D eigenvalue weighted by atomic mass is 9.88. The van der Waals surface area contributed by atoms with Crippen LogP contribution < -0.4 is 0 Å². The third-order valence-corrected chi connectivity index (χ3v) is 4.69. The van der Waals surface area contributed by atoms with Crippen LogP contribution in [0.15, 0.2) is 0 Å². The van der Waals surface area contributed by atoms with Crippen LogP contribution in [0, 0.1) is 0 Å². The highest BCUT2D eigenvalue weighted by Crippen LogP contribution is 2.28. The van der Waals surface area contributed by atoms with Crippen LogP contribution in [-0.2, 0) is 0 Å². The molecule has 17 heavy (non-hydrogen) atoms. The van der Waals surface area contributed by atoms with Gasteiger partial charge in [-0.2, -0.15) is 0 Å². The second-order valence-corrected chi connectivity index (χ2v) is 5.79. The van der Waals surface area contributed by atoms with Crippen molar-refractivity contribution in [2.45, 2.75) is 70.9 Å². The minimum atomic E-state index is 0.862. The van der Waals surface area contributed by atoms with E-state index in [1.54, 1.807) is 0 Å². The van der Waals surface area contributed by atoms with Crippen LogP contribution in [0.2, 0.25) is 0 Å². The summed E-state index contributed by atoms with van der Waals surface area (Å²) in [7, 11) is 0. The summed E-state index contributed by atoms with van der Waals surface area (Å²) < 4.78 is 0. The van der Waals surface area contributed by atoms with Gasteiger partial charge in [0.2, 0.25) is 0 Å². The van der Waals surface area contributed by atoms with Gasteiger partial charge < -0.3 is 0 Å². The molecule has 0 spiro atoms. The molecule has 2 unspecified atom stereocenters. The van der Waals surface area contributed by atoms with Crippen molar-refractivity contribution >= 4 is 0 Å². The molecule has 2 heteroatoms. The van der Waals surface area contributed by atoms with E-state index in [1.807, 2.05) is 0 Å². The lowest BCUT2D eigenvalue weighted by molar-refractivity contribution is 0.0337. The lowest BCUT2D eigenvalue weighted by Crippen LogP contribution is -2.55. The Bertz CT molecular complexity index is 215. The Morgan fingerprint density at radius 2 is 1.41 bits per heavy atom. The van der Waals surface area contributed by atoms with E-state index >= 15 is 0 Å². The molecular formula is C15H30N2. The molecule has 2 fully saturated rings. The number of likely N-dealkylation sites (tertiary alicyclic amines) is 2. The van der Waals surface area contributed by atoms with E-state index < -0.39 is 0 Å². The lowest BCUT2D eigenvalue weighted by Gasteiger charge is -2.46. The molecule has 2 aliphatic rings. The van der Waals surface area contributed by atoms with Gasteiger partial charge in [-0.3, -0.25) is 9.80 Å². The summed E-state index contributed by atoms with van der Waals surface area (Å²) in [5.41, 5.74) is 0. The van der Waals surface area contributed by atoms with Crippen LogP contribution >= 0.6 is 0 Å². The molecule has 0 amide bonds. The Kier molecular flexibility index (Phi) is 5.30. The van der Waals surface area contributed by atoms with Crippen molar-refractivity contribution < 1.29 is 0 Å². The molecule has 0 bridgehead atoms. The standard InChI is InChI=1S/C15H30N2/c1-3-11-17-13-8-6-10-15(17)14-9-5-7-12-16(14)4-2/h14-15H,3-13H2,1-2H3. The van der Waals surface area contributed by atoms with Gasteiger partial charge in [-0.1, -0.05) is 26.7 Å². The van der Waals surface area contributed by atoms with Gasteiger partial charge in [0.25, 0.3) is 0 Å².